The Hall–Kier alpha value is -1.43. The smallest absolute Gasteiger partial charge is 0.261 e. The summed E-state index contributed by atoms with van der Waals surface area (Å²) in [7, 11) is -2.53. The van der Waals surface area contributed by atoms with E-state index in [1.807, 2.05) is 0 Å². The predicted molar refractivity (Wildman–Crippen MR) is 148 cm³/mol. The topological polar surface area (TPSA) is 9.23 Å². The fraction of sp³-hybridized carbons (Fsp3) is 0.357. The van der Waals surface area contributed by atoms with Crippen LogP contribution in [-0.4, -0.2) is 18.8 Å². The van der Waals surface area contributed by atoms with E-state index in [0.29, 0.717) is 0 Å². The molecule has 0 aromatic heterocycles. The molecule has 0 aliphatic heterocycles. The normalized spacial score (nSPS) is 14.1. The number of benzene rings is 2. The van der Waals surface area contributed by atoms with Crippen LogP contribution in [0.1, 0.15) is 47.0 Å². The van der Waals surface area contributed by atoms with Gasteiger partial charge in [0.15, 0.2) is 0 Å². The van der Waals surface area contributed by atoms with Gasteiger partial charge in [-0.05, 0) is 34.7 Å². The Bertz CT molecular complexity index is 795. The van der Waals surface area contributed by atoms with Crippen molar-refractivity contribution in [1.29, 1.82) is 0 Å². The third-order valence-corrected chi connectivity index (χ3v) is 11.1. The highest BCUT2D eigenvalue weighted by molar-refractivity contribution is 14.1. The van der Waals surface area contributed by atoms with Gasteiger partial charge in [-0.25, -0.2) is 0 Å². The van der Waals surface area contributed by atoms with Crippen LogP contribution in [0.2, 0.25) is 5.04 Å². The summed E-state index contributed by atoms with van der Waals surface area (Å²) < 4.78 is 8.32. The number of alkyl halides is 1. The molecule has 2 aromatic rings. The molecular weight excluding hydrogens is 507 g/mol. The lowest BCUT2D eigenvalue weighted by atomic mass is 10.2. The fourth-order valence-electron chi connectivity index (χ4n) is 3.91. The number of rotatable bonds is 11. The van der Waals surface area contributed by atoms with Crippen LogP contribution >= 0.6 is 22.6 Å². The Morgan fingerprint density at radius 2 is 1.45 bits per heavy atom. The van der Waals surface area contributed by atoms with E-state index in [-0.39, 0.29) is 11.1 Å². The second-order valence-corrected chi connectivity index (χ2v) is 14.1. The molecule has 0 N–H and O–H groups in total. The largest absolute Gasteiger partial charge is 0.401 e. The standard InChI is InChI=1S/C28H37IOSi/c1-5-6-7-8-9-10-13-18-25(23-24-29)30-31(28(2,3)4,26-19-14-11-15-20-26)27-21-16-12-17-22-27/h6-7,9-22,25H,5,8,23-24H2,1-4H3/b7-6-,10-9-,18-13+/t25-/m0/s1. The van der Waals surface area contributed by atoms with E-state index >= 15 is 0 Å². The van der Waals surface area contributed by atoms with Crippen LogP contribution in [0.4, 0.5) is 0 Å². The Balaban J connectivity index is 2.44. The van der Waals surface area contributed by atoms with Crippen LogP contribution in [0.25, 0.3) is 0 Å². The molecule has 1 atom stereocenters. The molecule has 2 aromatic carbocycles. The Labute approximate surface area is 204 Å². The third kappa shape index (κ3) is 7.30. The van der Waals surface area contributed by atoms with E-state index in [9.17, 15) is 0 Å². The number of hydrogen-bond acceptors (Lipinski definition) is 1. The number of halogens is 1. The number of hydrogen-bond donors (Lipinski definition) is 0. The molecule has 0 saturated heterocycles. The average molecular weight is 545 g/mol. The van der Waals surface area contributed by atoms with Crippen molar-refractivity contribution in [3.63, 3.8) is 0 Å². The number of allylic oxidation sites excluding steroid dienone is 5. The highest BCUT2D eigenvalue weighted by Gasteiger charge is 2.51. The van der Waals surface area contributed by atoms with E-state index in [4.69, 9.17) is 4.43 Å². The van der Waals surface area contributed by atoms with Crippen molar-refractivity contribution in [1.82, 2.24) is 0 Å². The summed E-state index contributed by atoms with van der Waals surface area (Å²) >= 11 is 2.46. The Kier molecular flexibility index (Phi) is 11.0. The molecular formula is C28H37IOSi. The van der Waals surface area contributed by atoms with E-state index < -0.39 is 8.32 Å². The summed E-state index contributed by atoms with van der Waals surface area (Å²) in [6.07, 6.45) is 16.3. The van der Waals surface area contributed by atoms with Crippen LogP contribution < -0.4 is 10.4 Å². The lowest BCUT2D eigenvalue weighted by Crippen LogP contribution is -2.67. The summed E-state index contributed by atoms with van der Waals surface area (Å²) in [4.78, 5) is 0. The quantitative estimate of drug-likeness (QED) is 0.0954. The van der Waals surface area contributed by atoms with Gasteiger partial charge >= 0.3 is 0 Å². The summed E-state index contributed by atoms with van der Waals surface area (Å²) in [5.74, 6) is 0. The Morgan fingerprint density at radius 1 is 0.871 bits per heavy atom. The van der Waals surface area contributed by atoms with Gasteiger partial charge in [-0.15, -0.1) is 0 Å². The maximum atomic E-state index is 7.26. The van der Waals surface area contributed by atoms with Crippen molar-refractivity contribution >= 4 is 41.3 Å². The maximum Gasteiger partial charge on any atom is 0.261 e. The third-order valence-electron chi connectivity index (χ3n) is 5.39. The lowest BCUT2D eigenvalue weighted by molar-refractivity contribution is 0.231. The second kappa shape index (κ2) is 13.2. The lowest BCUT2D eigenvalue weighted by Gasteiger charge is -2.44. The molecule has 0 amide bonds. The van der Waals surface area contributed by atoms with Crippen LogP contribution in [0.3, 0.4) is 0 Å². The minimum absolute atomic E-state index is 0.00610. The summed E-state index contributed by atoms with van der Waals surface area (Å²) in [6, 6.07) is 21.8. The Morgan fingerprint density at radius 3 is 1.94 bits per heavy atom. The molecule has 2 rings (SSSR count). The fourth-order valence-corrected chi connectivity index (χ4v) is 9.19. The van der Waals surface area contributed by atoms with Gasteiger partial charge in [0.05, 0.1) is 6.10 Å². The monoisotopic (exact) mass is 544 g/mol. The van der Waals surface area contributed by atoms with Crippen molar-refractivity contribution in [2.75, 3.05) is 4.43 Å². The zero-order chi connectivity index (χ0) is 22.6. The first-order chi connectivity index (χ1) is 15.0. The molecule has 0 aliphatic rings. The molecule has 0 saturated carbocycles. The molecule has 0 fully saturated rings. The molecule has 1 nitrogen and oxygen atoms in total. The molecule has 0 heterocycles. The average Bonchev–Trinajstić information content (AvgIpc) is 2.77. The van der Waals surface area contributed by atoms with E-state index in [1.54, 1.807) is 0 Å². The highest BCUT2D eigenvalue weighted by atomic mass is 127. The molecule has 0 aliphatic carbocycles. The van der Waals surface area contributed by atoms with Crippen molar-refractivity contribution in [2.45, 2.75) is 58.1 Å². The van der Waals surface area contributed by atoms with E-state index in [2.05, 4.69) is 147 Å². The minimum atomic E-state index is -2.53. The van der Waals surface area contributed by atoms with Gasteiger partial charge < -0.3 is 4.43 Å². The van der Waals surface area contributed by atoms with Gasteiger partial charge in [0, 0.05) is 4.43 Å². The van der Waals surface area contributed by atoms with Crippen LogP contribution in [0, 0.1) is 0 Å². The molecule has 0 unspecified atom stereocenters. The molecule has 31 heavy (non-hydrogen) atoms. The first-order valence-electron chi connectivity index (χ1n) is 11.3. The zero-order valence-corrected chi connectivity index (χ0v) is 22.6. The van der Waals surface area contributed by atoms with Crippen molar-refractivity contribution in [3.8, 4) is 0 Å². The van der Waals surface area contributed by atoms with Crippen LogP contribution in [0.5, 0.6) is 0 Å². The van der Waals surface area contributed by atoms with Gasteiger partial charge in [-0.1, -0.05) is 147 Å². The van der Waals surface area contributed by atoms with E-state index in [0.717, 1.165) is 23.7 Å². The molecule has 0 spiro atoms. The predicted octanol–water partition coefficient (Wildman–Crippen LogP) is 7.23. The minimum Gasteiger partial charge on any atom is -0.401 e. The molecule has 166 valence electrons. The first kappa shape index (κ1) is 25.8. The SMILES string of the molecule is CC/C=C\C/C=C\C=C\[C@@H](CCI)O[Si](c1ccccc1)(c1ccccc1)C(C)(C)C. The molecule has 0 bridgehead atoms. The molecule has 0 radical (unpaired) electrons. The maximum absolute atomic E-state index is 7.26. The summed E-state index contributed by atoms with van der Waals surface area (Å²) in [5, 5.41) is 2.66. The van der Waals surface area contributed by atoms with Gasteiger partial charge in [0.2, 0.25) is 0 Å². The zero-order valence-electron chi connectivity index (χ0n) is 19.4. The first-order valence-corrected chi connectivity index (χ1v) is 14.7. The van der Waals surface area contributed by atoms with Gasteiger partial charge in [-0.3, -0.25) is 0 Å². The van der Waals surface area contributed by atoms with Crippen molar-refractivity contribution < 1.29 is 4.43 Å². The van der Waals surface area contributed by atoms with Crippen LogP contribution in [-0.2, 0) is 4.43 Å². The van der Waals surface area contributed by atoms with Crippen molar-refractivity contribution in [3.05, 3.63) is 97.1 Å². The van der Waals surface area contributed by atoms with Crippen molar-refractivity contribution in [2.24, 2.45) is 0 Å². The van der Waals surface area contributed by atoms with Gasteiger partial charge in [0.1, 0.15) is 0 Å². The summed E-state index contributed by atoms with van der Waals surface area (Å²) in [6.45, 7) is 9.18. The molecule has 3 heteroatoms. The summed E-state index contributed by atoms with van der Waals surface area (Å²) in [5.41, 5.74) is 0. The van der Waals surface area contributed by atoms with E-state index in [1.165, 1.54) is 10.4 Å². The van der Waals surface area contributed by atoms with Gasteiger partial charge in [-0.2, -0.15) is 0 Å². The second-order valence-electron chi connectivity index (χ2n) is 8.73. The highest BCUT2D eigenvalue weighted by Crippen LogP contribution is 2.38. The van der Waals surface area contributed by atoms with Gasteiger partial charge in [0.25, 0.3) is 8.32 Å². The van der Waals surface area contributed by atoms with Crippen LogP contribution in [0.15, 0.2) is 97.1 Å².